The van der Waals surface area contributed by atoms with Gasteiger partial charge in [-0.1, -0.05) is 23.8 Å². The van der Waals surface area contributed by atoms with Gasteiger partial charge in [0, 0.05) is 24.3 Å². The predicted molar refractivity (Wildman–Crippen MR) is 74.0 cm³/mol. The van der Waals surface area contributed by atoms with E-state index in [-0.39, 0.29) is 5.82 Å². The Hall–Kier alpha value is -2.03. The zero-order valence-corrected chi connectivity index (χ0v) is 10.9. The summed E-state index contributed by atoms with van der Waals surface area (Å²) >= 11 is 0. The minimum Gasteiger partial charge on any atom is -0.508 e. The normalized spacial score (nSPS) is 13.7. The molecular weight excluding hydrogens is 241 g/mol. The van der Waals surface area contributed by atoms with Crippen molar-refractivity contribution >= 4 is 5.69 Å². The van der Waals surface area contributed by atoms with E-state index in [1.165, 1.54) is 11.6 Å². The van der Waals surface area contributed by atoms with E-state index < -0.39 is 0 Å². The summed E-state index contributed by atoms with van der Waals surface area (Å²) in [6, 6.07) is 10.5. The van der Waals surface area contributed by atoms with Gasteiger partial charge >= 0.3 is 0 Å². The van der Waals surface area contributed by atoms with Gasteiger partial charge in [-0.25, -0.2) is 4.39 Å². The van der Waals surface area contributed by atoms with Crippen LogP contribution in [0.3, 0.4) is 0 Å². The highest BCUT2D eigenvalue weighted by Gasteiger charge is 2.20. The Labute approximate surface area is 112 Å². The maximum Gasteiger partial charge on any atom is 0.125 e. The van der Waals surface area contributed by atoms with Gasteiger partial charge in [-0.05, 0) is 37.1 Å². The van der Waals surface area contributed by atoms with E-state index in [4.69, 9.17) is 0 Å². The molecule has 3 rings (SSSR count). The van der Waals surface area contributed by atoms with E-state index in [2.05, 4.69) is 4.90 Å². The first-order valence-electron chi connectivity index (χ1n) is 6.45. The van der Waals surface area contributed by atoms with Crippen molar-refractivity contribution in [2.45, 2.75) is 19.9 Å². The molecule has 3 heteroatoms. The standard InChI is InChI=1S/C16H16FNO/c1-11-2-5-16(19)13(8-11)10-18-7-6-12-3-4-14(17)9-15(12)18/h2-5,8-9,19H,6-7,10H2,1H3. The smallest absolute Gasteiger partial charge is 0.125 e. The SMILES string of the molecule is Cc1ccc(O)c(CN2CCc3ccc(F)cc32)c1. The number of benzene rings is 2. The van der Waals surface area contributed by atoms with E-state index in [1.54, 1.807) is 12.1 Å². The fourth-order valence-corrected chi connectivity index (χ4v) is 2.63. The topological polar surface area (TPSA) is 23.5 Å². The van der Waals surface area contributed by atoms with Crippen LogP contribution in [-0.4, -0.2) is 11.7 Å². The monoisotopic (exact) mass is 257 g/mol. The van der Waals surface area contributed by atoms with Crippen molar-refractivity contribution in [2.75, 3.05) is 11.4 Å². The van der Waals surface area contributed by atoms with Crippen LogP contribution in [0, 0.1) is 12.7 Å². The van der Waals surface area contributed by atoms with E-state index in [0.717, 1.165) is 29.8 Å². The Morgan fingerprint density at radius 3 is 2.89 bits per heavy atom. The predicted octanol–water partition coefficient (Wildman–Crippen LogP) is 3.40. The lowest BCUT2D eigenvalue weighted by molar-refractivity contribution is 0.467. The van der Waals surface area contributed by atoms with E-state index in [1.807, 2.05) is 25.1 Å². The molecule has 0 bridgehead atoms. The Kier molecular flexibility index (Phi) is 2.90. The van der Waals surface area contributed by atoms with Crippen molar-refractivity contribution in [3.8, 4) is 5.75 Å². The lowest BCUT2D eigenvalue weighted by Crippen LogP contribution is -2.19. The second-order valence-corrected chi connectivity index (χ2v) is 5.08. The number of nitrogens with zero attached hydrogens (tertiary/aromatic N) is 1. The average Bonchev–Trinajstić information content (AvgIpc) is 2.77. The number of hydrogen-bond donors (Lipinski definition) is 1. The fourth-order valence-electron chi connectivity index (χ4n) is 2.63. The first-order valence-corrected chi connectivity index (χ1v) is 6.45. The van der Waals surface area contributed by atoms with Gasteiger partial charge in [0.25, 0.3) is 0 Å². The van der Waals surface area contributed by atoms with Crippen LogP contribution < -0.4 is 4.90 Å². The Bertz CT molecular complexity index is 624. The van der Waals surface area contributed by atoms with Crippen LogP contribution in [0.25, 0.3) is 0 Å². The van der Waals surface area contributed by atoms with Gasteiger partial charge in [-0.3, -0.25) is 0 Å². The van der Waals surface area contributed by atoms with Crippen molar-refractivity contribution in [1.82, 2.24) is 0 Å². The third kappa shape index (κ3) is 2.28. The minimum absolute atomic E-state index is 0.209. The first kappa shape index (κ1) is 12.0. The molecule has 1 N–H and O–H groups in total. The number of fused-ring (bicyclic) bond motifs is 1. The number of anilines is 1. The molecule has 0 fully saturated rings. The third-order valence-corrected chi connectivity index (χ3v) is 3.64. The van der Waals surface area contributed by atoms with Crippen LogP contribution >= 0.6 is 0 Å². The molecule has 0 spiro atoms. The van der Waals surface area contributed by atoms with Crippen molar-refractivity contribution in [3.05, 3.63) is 58.9 Å². The molecule has 1 aliphatic rings. The number of hydrogen-bond acceptors (Lipinski definition) is 2. The van der Waals surface area contributed by atoms with Crippen LogP contribution in [0.15, 0.2) is 36.4 Å². The minimum atomic E-state index is -0.209. The summed E-state index contributed by atoms with van der Waals surface area (Å²) in [4.78, 5) is 2.12. The molecule has 0 aromatic heterocycles. The Morgan fingerprint density at radius 1 is 1.21 bits per heavy atom. The number of aromatic hydroxyl groups is 1. The molecule has 2 aromatic rings. The molecular formula is C16H16FNO. The average molecular weight is 257 g/mol. The first-order chi connectivity index (χ1) is 9.13. The quantitative estimate of drug-likeness (QED) is 0.891. The summed E-state index contributed by atoms with van der Waals surface area (Å²) in [6.07, 6.45) is 0.933. The van der Waals surface area contributed by atoms with Gasteiger partial charge in [0.15, 0.2) is 0 Å². The van der Waals surface area contributed by atoms with Gasteiger partial charge in [0.05, 0.1) is 0 Å². The van der Waals surface area contributed by atoms with Gasteiger partial charge in [0.1, 0.15) is 11.6 Å². The maximum absolute atomic E-state index is 13.3. The Balaban J connectivity index is 1.90. The fraction of sp³-hybridized carbons (Fsp3) is 0.250. The molecule has 1 aliphatic heterocycles. The third-order valence-electron chi connectivity index (χ3n) is 3.64. The molecule has 2 aromatic carbocycles. The van der Waals surface area contributed by atoms with Crippen molar-refractivity contribution < 1.29 is 9.50 Å². The molecule has 0 saturated carbocycles. The molecule has 2 nitrogen and oxygen atoms in total. The molecule has 0 aliphatic carbocycles. The van der Waals surface area contributed by atoms with Gasteiger partial charge in [-0.2, -0.15) is 0 Å². The van der Waals surface area contributed by atoms with E-state index >= 15 is 0 Å². The lowest BCUT2D eigenvalue weighted by Gasteiger charge is -2.20. The summed E-state index contributed by atoms with van der Waals surface area (Å²) in [5.41, 5.74) is 4.12. The highest BCUT2D eigenvalue weighted by Crippen LogP contribution is 2.31. The molecule has 0 unspecified atom stereocenters. The summed E-state index contributed by atoms with van der Waals surface area (Å²) in [5, 5.41) is 9.90. The van der Waals surface area contributed by atoms with E-state index in [0.29, 0.717) is 12.3 Å². The molecule has 98 valence electrons. The molecule has 19 heavy (non-hydrogen) atoms. The van der Waals surface area contributed by atoms with Crippen LogP contribution in [0.1, 0.15) is 16.7 Å². The molecule has 0 saturated heterocycles. The maximum atomic E-state index is 13.3. The van der Waals surface area contributed by atoms with Crippen molar-refractivity contribution in [3.63, 3.8) is 0 Å². The second kappa shape index (κ2) is 4.57. The van der Waals surface area contributed by atoms with Gasteiger partial charge in [-0.15, -0.1) is 0 Å². The summed E-state index contributed by atoms with van der Waals surface area (Å²) in [7, 11) is 0. The molecule has 0 radical (unpaired) electrons. The number of phenols is 1. The highest BCUT2D eigenvalue weighted by molar-refractivity contribution is 5.59. The molecule has 0 atom stereocenters. The number of halogens is 1. The molecule has 1 heterocycles. The summed E-state index contributed by atoms with van der Waals surface area (Å²) < 4.78 is 13.3. The van der Waals surface area contributed by atoms with Crippen molar-refractivity contribution in [1.29, 1.82) is 0 Å². The van der Waals surface area contributed by atoms with Gasteiger partial charge < -0.3 is 10.0 Å². The molecule has 0 amide bonds. The highest BCUT2D eigenvalue weighted by atomic mass is 19.1. The Morgan fingerprint density at radius 2 is 2.05 bits per heavy atom. The number of rotatable bonds is 2. The lowest BCUT2D eigenvalue weighted by atomic mass is 10.1. The summed E-state index contributed by atoms with van der Waals surface area (Å²) in [5.74, 6) is 0.0922. The van der Waals surface area contributed by atoms with Crippen molar-refractivity contribution in [2.24, 2.45) is 0 Å². The van der Waals surface area contributed by atoms with E-state index in [9.17, 15) is 9.50 Å². The number of phenolic OH excluding ortho intramolecular Hbond substituents is 1. The zero-order valence-electron chi connectivity index (χ0n) is 10.9. The van der Waals surface area contributed by atoms with Crippen LogP contribution in [-0.2, 0) is 13.0 Å². The number of aryl methyl sites for hydroxylation is 1. The largest absolute Gasteiger partial charge is 0.508 e. The van der Waals surface area contributed by atoms with Gasteiger partial charge in [0.2, 0.25) is 0 Å². The van der Waals surface area contributed by atoms with Crippen LogP contribution in [0.4, 0.5) is 10.1 Å². The zero-order chi connectivity index (χ0) is 13.4. The van der Waals surface area contributed by atoms with Crippen LogP contribution in [0.2, 0.25) is 0 Å². The second-order valence-electron chi connectivity index (χ2n) is 5.08. The summed E-state index contributed by atoms with van der Waals surface area (Å²) in [6.45, 7) is 3.48. The van der Waals surface area contributed by atoms with Crippen LogP contribution in [0.5, 0.6) is 5.75 Å².